The summed E-state index contributed by atoms with van der Waals surface area (Å²) < 4.78 is 24.1. The molecule has 0 aromatic rings. The normalized spacial score (nSPS) is 22.6. The van der Waals surface area contributed by atoms with Crippen molar-refractivity contribution < 1.29 is 8.42 Å². The molecule has 14 heavy (non-hydrogen) atoms. The number of sulfonamides is 1. The van der Waals surface area contributed by atoms with Crippen LogP contribution in [-0.4, -0.2) is 55.6 Å². The summed E-state index contributed by atoms with van der Waals surface area (Å²) in [6.07, 6.45) is 1.28. The van der Waals surface area contributed by atoms with Crippen LogP contribution in [0.3, 0.4) is 0 Å². The van der Waals surface area contributed by atoms with E-state index in [4.69, 9.17) is 0 Å². The van der Waals surface area contributed by atoms with Crippen LogP contribution in [0.1, 0.15) is 20.8 Å². The molecule has 1 aliphatic heterocycles. The number of nitrogens with zero attached hydrogens (tertiary/aromatic N) is 2. The molecule has 0 bridgehead atoms. The van der Waals surface area contributed by atoms with Gasteiger partial charge in [-0.2, -0.15) is 4.31 Å². The van der Waals surface area contributed by atoms with E-state index in [0.717, 1.165) is 13.1 Å². The zero-order chi connectivity index (χ0) is 11.0. The fourth-order valence-corrected chi connectivity index (χ4v) is 2.52. The molecule has 0 radical (unpaired) electrons. The van der Waals surface area contributed by atoms with Gasteiger partial charge in [-0.15, -0.1) is 0 Å². The second kappa shape index (κ2) is 3.79. The highest BCUT2D eigenvalue weighted by molar-refractivity contribution is 7.88. The van der Waals surface area contributed by atoms with Gasteiger partial charge in [0, 0.05) is 31.7 Å². The molecule has 0 aromatic heterocycles. The summed E-state index contributed by atoms with van der Waals surface area (Å²) in [6.45, 7) is 9.37. The van der Waals surface area contributed by atoms with E-state index in [2.05, 4.69) is 25.7 Å². The monoisotopic (exact) mass is 220 g/mol. The molecule has 5 heteroatoms. The molecule has 1 aliphatic rings. The lowest BCUT2D eigenvalue weighted by atomic mass is 10.1. The second-order valence-corrected chi connectivity index (χ2v) is 6.80. The molecule has 0 unspecified atom stereocenters. The Hall–Kier alpha value is -0.130. The van der Waals surface area contributed by atoms with E-state index in [-0.39, 0.29) is 5.54 Å². The van der Waals surface area contributed by atoms with Gasteiger partial charge in [-0.05, 0) is 20.8 Å². The highest BCUT2D eigenvalue weighted by Crippen LogP contribution is 2.16. The Morgan fingerprint density at radius 3 is 1.71 bits per heavy atom. The lowest BCUT2D eigenvalue weighted by Crippen LogP contribution is -2.54. The summed E-state index contributed by atoms with van der Waals surface area (Å²) in [5.74, 6) is 0. The Kier molecular flexibility index (Phi) is 3.23. The Morgan fingerprint density at radius 1 is 1.00 bits per heavy atom. The van der Waals surface area contributed by atoms with Crippen LogP contribution in [0.4, 0.5) is 0 Å². The zero-order valence-corrected chi connectivity index (χ0v) is 10.3. The topological polar surface area (TPSA) is 40.6 Å². The number of piperazine rings is 1. The lowest BCUT2D eigenvalue weighted by molar-refractivity contribution is 0.0924. The standard InChI is InChI=1S/C9H20N2O2S/c1-9(2,3)10-5-7-11(8-6-10)14(4,12)13/h5-8H2,1-4H3. The third-order valence-electron chi connectivity index (χ3n) is 2.66. The van der Waals surface area contributed by atoms with Gasteiger partial charge in [0.15, 0.2) is 0 Å². The minimum absolute atomic E-state index is 0.142. The van der Waals surface area contributed by atoms with E-state index >= 15 is 0 Å². The van der Waals surface area contributed by atoms with Gasteiger partial charge in [-0.1, -0.05) is 0 Å². The molecule has 0 aliphatic carbocycles. The van der Waals surface area contributed by atoms with Crippen molar-refractivity contribution in [1.29, 1.82) is 0 Å². The lowest BCUT2D eigenvalue weighted by Gasteiger charge is -2.41. The van der Waals surface area contributed by atoms with E-state index in [1.165, 1.54) is 6.26 Å². The van der Waals surface area contributed by atoms with Crippen LogP contribution >= 0.6 is 0 Å². The van der Waals surface area contributed by atoms with Gasteiger partial charge in [0.05, 0.1) is 6.26 Å². The molecule has 4 nitrogen and oxygen atoms in total. The van der Waals surface area contributed by atoms with Gasteiger partial charge >= 0.3 is 0 Å². The summed E-state index contributed by atoms with van der Waals surface area (Å²) in [5.41, 5.74) is 0.142. The quantitative estimate of drug-likeness (QED) is 0.641. The van der Waals surface area contributed by atoms with Crippen molar-refractivity contribution in [3.8, 4) is 0 Å². The van der Waals surface area contributed by atoms with Crippen LogP contribution in [-0.2, 0) is 10.0 Å². The Morgan fingerprint density at radius 2 is 1.43 bits per heavy atom. The molecule has 1 heterocycles. The fraction of sp³-hybridized carbons (Fsp3) is 1.00. The molecular formula is C9H20N2O2S. The van der Waals surface area contributed by atoms with Gasteiger partial charge in [0.25, 0.3) is 0 Å². The molecule has 0 aromatic carbocycles. The first-order valence-corrected chi connectivity index (χ1v) is 6.76. The molecule has 84 valence electrons. The zero-order valence-electron chi connectivity index (χ0n) is 9.45. The molecule has 0 saturated carbocycles. The van der Waals surface area contributed by atoms with E-state index < -0.39 is 10.0 Å². The van der Waals surface area contributed by atoms with Crippen molar-refractivity contribution in [3.63, 3.8) is 0 Å². The smallest absolute Gasteiger partial charge is 0.211 e. The Bertz CT molecular complexity index is 284. The molecule has 0 atom stereocenters. The maximum atomic E-state index is 11.3. The van der Waals surface area contributed by atoms with E-state index in [9.17, 15) is 8.42 Å². The molecule has 1 saturated heterocycles. The maximum Gasteiger partial charge on any atom is 0.211 e. The van der Waals surface area contributed by atoms with E-state index in [0.29, 0.717) is 13.1 Å². The van der Waals surface area contributed by atoms with Crippen molar-refractivity contribution in [1.82, 2.24) is 9.21 Å². The van der Waals surface area contributed by atoms with Crippen molar-refractivity contribution in [2.24, 2.45) is 0 Å². The van der Waals surface area contributed by atoms with Gasteiger partial charge in [-0.3, -0.25) is 4.90 Å². The predicted molar refractivity (Wildman–Crippen MR) is 57.7 cm³/mol. The first-order chi connectivity index (χ1) is 6.21. The largest absolute Gasteiger partial charge is 0.296 e. The van der Waals surface area contributed by atoms with Crippen LogP contribution in [0.5, 0.6) is 0 Å². The summed E-state index contributed by atoms with van der Waals surface area (Å²) >= 11 is 0. The minimum Gasteiger partial charge on any atom is -0.296 e. The van der Waals surface area contributed by atoms with Gasteiger partial charge in [0.1, 0.15) is 0 Å². The van der Waals surface area contributed by atoms with Crippen LogP contribution in [0.25, 0.3) is 0 Å². The molecule has 1 fully saturated rings. The maximum absolute atomic E-state index is 11.3. The Labute approximate surface area is 86.9 Å². The van der Waals surface area contributed by atoms with Crippen LogP contribution in [0.15, 0.2) is 0 Å². The first-order valence-electron chi connectivity index (χ1n) is 4.91. The third-order valence-corrected chi connectivity index (χ3v) is 3.96. The highest BCUT2D eigenvalue weighted by Gasteiger charge is 2.28. The molecule has 1 rings (SSSR count). The Balaban J connectivity index is 2.56. The summed E-state index contributed by atoms with van der Waals surface area (Å²) in [6, 6.07) is 0. The van der Waals surface area contributed by atoms with Crippen molar-refractivity contribution in [3.05, 3.63) is 0 Å². The third kappa shape index (κ3) is 2.93. The number of hydrogen-bond acceptors (Lipinski definition) is 3. The van der Waals surface area contributed by atoms with E-state index in [1.54, 1.807) is 4.31 Å². The SMILES string of the molecule is CC(C)(C)N1CCN(S(C)(=O)=O)CC1. The van der Waals surface area contributed by atoms with Crippen molar-refractivity contribution >= 4 is 10.0 Å². The van der Waals surface area contributed by atoms with Gasteiger partial charge in [0.2, 0.25) is 10.0 Å². The van der Waals surface area contributed by atoms with Crippen LogP contribution in [0, 0.1) is 0 Å². The van der Waals surface area contributed by atoms with Crippen LogP contribution < -0.4 is 0 Å². The minimum atomic E-state index is -2.99. The average molecular weight is 220 g/mol. The first kappa shape index (κ1) is 11.9. The van der Waals surface area contributed by atoms with Crippen molar-refractivity contribution in [2.45, 2.75) is 26.3 Å². The molecular weight excluding hydrogens is 200 g/mol. The molecule has 0 N–H and O–H groups in total. The molecule has 0 spiro atoms. The fourth-order valence-electron chi connectivity index (χ4n) is 1.69. The van der Waals surface area contributed by atoms with E-state index in [1.807, 2.05) is 0 Å². The summed E-state index contributed by atoms with van der Waals surface area (Å²) in [7, 11) is -2.99. The van der Waals surface area contributed by atoms with Gasteiger partial charge < -0.3 is 0 Å². The predicted octanol–water partition coefficient (Wildman–Crippen LogP) is 0.362. The summed E-state index contributed by atoms with van der Waals surface area (Å²) in [4.78, 5) is 2.31. The highest BCUT2D eigenvalue weighted by atomic mass is 32.2. The van der Waals surface area contributed by atoms with Crippen LogP contribution in [0.2, 0.25) is 0 Å². The number of hydrogen-bond donors (Lipinski definition) is 0. The van der Waals surface area contributed by atoms with Gasteiger partial charge in [-0.25, -0.2) is 8.42 Å². The summed E-state index contributed by atoms with van der Waals surface area (Å²) in [5, 5.41) is 0. The van der Waals surface area contributed by atoms with Crippen molar-refractivity contribution in [2.75, 3.05) is 32.4 Å². The second-order valence-electron chi connectivity index (χ2n) is 4.82. The number of rotatable bonds is 1. The average Bonchev–Trinajstić information content (AvgIpc) is 2.01. The molecule has 0 amide bonds.